The summed E-state index contributed by atoms with van der Waals surface area (Å²) in [6.45, 7) is 5.56. The third kappa shape index (κ3) is 6.24. The second kappa shape index (κ2) is 12.0. The molecule has 1 aliphatic rings. The van der Waals surface area contributed by atoms with Crippen LogP contribution in [0.25, 0.3) is 22.2 Å². The van der Waals surface area contributed by atoms with E-state index in [2.05, 4.69) is 46.0 Å². The fourth-order valence-corrected chi connectivity index (χ4v) is 5.11. The van der Waals surface area contributed by atoms with Gasteiger partial charge in [0.2, 0.25) is 23.7 Å². The van der Waals surface area contributed by atoms with E-state index in [1.807, 2.05) is 51.4 Å². The van der Waals surface area contributed by atoms with E-state index in [-0.39, 0.29) is 18.6 Å². The van der Waals surface area contributed by atoms with Crippen molar-refractivity contribution in [3.05, 3.63) is 60.2 Å². The Morgan fingerprint density at radius 2 is 2.05 bits per heavy atom. The second-order valence-corrected chi connectivity index (χ2v) is 10.4. The molecular weight excluding hydrogens is 550 g/mol. The maximum atomic E-state index is 13.1. The third-order valence-electron chi connectivity index (χ3n) is 7.28. The average molecular weight is 584 g/mol. The third-order valence-corrected chi connectivity index (χ3v) is 7.28. The molecule has 5 aromatic rings. The molecule has 1 fully saturated rings. The lowest BCUT2D eigenvalue weighted by molar-refractivity contribution is -0.117. The van der Waals surface area contributed by atoms with E-state index in [1.54, 1.807) is 23.1 Å². The highest BCUT2D eigenvalue weighted by molar-refractivity contribution is 6.06. The Hall–Kier alpha value is -5.08. The number of fused-ring (bicyclic) bond motifs is 1. The molecule has 1 saturated heterocycles. The lowest BCUT2D eigenvalue weighted by Crippen LogP contribution is -2.33. The highest BCUT2D eigenvalue weighted by atomic mass is 16.6. The summed E-state index contributed by atoms with van der Waals surface area (Å²) >= 11 is 0. The minimum absolute atomic E-state index is 0.0790. The minimum Gasteiger partial charge on any atom is -0.473 e. The van der Waals surface area contributed by atoms with Crippen LogP contribution in [0, 0.1) is 13.8 Å². The molecule has 5 heterocycles. The van der Waals surface area contributed by atoms with Gasteiger partial charge in [-0.15, -0.1) is 0 Å². The van der Waals surface area contributed by atoms with E-state index in [1.165, 1.54) is 7.11 Å². The molecule has 1 atom stereocenters. The number of aromatic amines is 1. The van der Waals surface area contributed by atoms with Crippen LogP contribution < -0.4 is 20.9 Å². The van der Waals surface area contributed by atoms with Gasteiger partial charge in [-0.1, -0.05) is 12.1 Å². The molecule has 4 N–H and O–H groups in total. The fraction of sp³-hybridized carbons (Fsp3) is 0.310. The van der Waals surface area contributed by atoms with Crippen molar-refractivity contribution in [1.29, 1.82) is 0 Å². The molecule has 14 nitrogen and oxygen atoms in total. The van der Waals surface area contributed by atoms with Crippen LogP contribution in [0.1, 0.15) is 17.7 Å². The van der Waals surface area contributed by atoms with Crippen LogP contribution in [-0.2, 0) is 16.7 Å². The smallest absolute Gasteiger partial charge is 0.250 e. The van der Waals surface area contributed by atoms with E-state index in [0.29, 0.717) is 35.8 Å². The quantitative estimate of drug-likeness (QED) is 0.178. The number of rotatable bonds is 10. The van der Waals surface area contributed by atoms with Gasteiger partial charge in [-0.3, -0.25) is 19.2 Å². The Bertz CT molecular complexity index is 1750. The maximum absolute atomic E-state index is 13.1. The number of hydrogen-bond donors (Lipinski definition) is 4. The number of benzene rings is 1. The van der Waals surface area contributed by atoms with Crippen molar-refractivity contribution in [2.75, 3.05) is 42.9 Å². The molecule has 6 rings (SSSR count). The predicted molar refractivity (Wildman–Crippen MR) is 162 cm³/mol. The van der Waals surface area contributed by atoms with Crippen LogP contribution in [0.5, 0.6) is 5.88 Å². The monoisotopic (exact) mass is 583 g/mol. The lowest BCUT2D eigenvalue weighted by atomic mass is 10.1. The zero-order valence-electron chi connectivity index (χ0n) is 24.4. The van der Waals surface area contributed by atoms with Gasteiger partial charge in [0.15, 0.2) is 5.82 Å². The summed E-state index contributed by atoms with van der Waals surface area (Å²) in [7, 11) is 3.38. The largest absolute Gasteiger partial charge is 0.473 e. The number of H-pyrrole nitrogens is 1. The first-order valence-electron chi connectivity index (χ1n) is 13.9. The molecule has 1 aromatic carbocycles. The Balaban J connectivity index is 1.12. The van der Waals surface area contributed by atoms with Gasteiger partial charge in [0.05, 0.1) is 30.6 Å². The van der Waals surface area contributed by atoms with E-state index in [0.717, 1.165) is 46.4 Å². The van der Waals surface area contributed by atoms with Crippen molar-refractivity contribution in [1.82, 2.24) is 39.6 Å². The van der Waals surface area contributed by atoms with Gasteiger partial charge in [0.25, 0.3) is 0 Å². The molecule has 0 radical (unpaired) electrons. The minimum atomic E-state index is -0.103. The first-order chi connectivity index (χ1) is 20.9. The van der Waals surface area contributed by atoms with Gasteiger partial charge in [-0.05, 0) is 31.9 Å². The topological polar surface area (TPSA) is 160 Å². The highest BCUT2D eigenvalue weighted by Gasteiger charge is 2.26. The zero-order valence-corrected chi connectivity index (χ0v) is 24.4. The first-order valence-corrected chi connectivity index (χ1v) is 13.9. The number of likely N-dealkylation sites (tertiary alicyclic amines) is 1. The van der Waals surface area contributed by atoms with E-state index in [4.69, 9.17) is 14.6 Å². The molecule has 0 spiro atoms. The van der Waals surface area contributed by atoms with Crippen molar-refractivity contribution >= 4 is 40.2 Å². The molecule has 222 valence electrons. The number of amides is 1. The summed E-state index contributed by atoms with van der Waals surface area (Å²) in [6, 6.07) is 9.46. The lowest BCUT2D eigenvalue weighted by Gasteiger charge is -2.16. The van der Waals surface area contributed by atoms with Gasteiger partial charge in [-0.25, -0.2) is 20.4 Å². The number of nitrogens with zero attached hydrogens (tertiary/aromatic N) is 7. The van der Waals surface area contributed by atoms with Crippen LogP contribution in [0.15, 0.2) is 48.9 Å². The van der Waals surface area contributed by atoms with Crippen molar-refractivity contribution < 1.29 is 14.4 Å². The molecule has 0 unspecified atom stereocenters. The number of anilines is 4. The molecule has 14 heteroatoms. The summed E-state index contributed by atoms with van der Waals surface area (Å²) < 4.78 is 7.80. The number of carbonyl (C=O) groups excluding carboxylic acids is 1. The Morgan fingerprint density at radius 1 is 1.16 bits per heavy atom. The van der Waals surface area contributed by atoms with Crippen molar-refractivity contribution in [2.45, 2.75) is 26.4 Å². The SMILES string of the molecule is CONc1nccc(O[C@H]2CCN(CC(=O)Nc3cccc4c(-c5nc(Nc6cc(C)n(C)n6)ncc5C)c[nH]c34)C2)n1. The standard InChI is InChI=1S/C29H33N11O3/c1-17-13-32-28(34-23-12-18(2)39(3)37-23)36-26(17)21-14-31-27-20(21)6-5-7-22(27)33-24(41)16-40-11-9-19(15-40)43-25-8-10-30-29(35-25)38-42-4/h5-8,10,12-14,19,31H,9,11,15-16H2,1-4H3,(H,33,41)(H,30,35,38)(H,32,34,36,37)/t19-/m0/s1. The Kier molecular flexibility index (Phi) is 7.85. The number of ether oxygens (including phenoxy) is 1. The van der Waals surface area contributed by atoms with E-state index < -0.39 is 0 Å². The number of aryl methyl sites for hydroxylation is 3. The molecule has 43 heavy (non-hydrogen) atoms. The normalized spacial score (nSPS) is 15.1. The van der Waals surface area contributed by atoms with Gasteiger partial charge in [0.1, 0.15) is 6.10 Å². The van der Waals surface area contributed by atoms with Crippen molar-refractivity contribution in [2.24, 2.45) is 7.05 Å². The summed E-state index contributed by atoms with van der Waals surface area (Å²) in [6.07, 6.45) is 6.01. The first kappa shape index (κ1) is 28.1. The zero-order chi connectivity index (χ0) is 29.9. The van der Waals surface area contributed by atoms with Gasteiger partial charge in [0, 0.05) is 67.5 Å². The van der Waals surface area contributed by atoms with Crippen molar-refractivity contribution in [3.8, 4) is 17.1 Å². The molecule has 0 bridgehead atoms. The molecule has 0 aliphatic carbocycles. The van der Waals surface area contributed by atoms with Crippen LogP contribution in [0.4, 0.5) is 23.4 Å². The predicted octanol–water partition coefficient (Wildman–Crippen LogP) is 3.57. The Morgan fingerprint density at radius 3 is 2.86 bits per heavy atom. The van der Waals surface area contributed by atoms with Crippen LogP contribution in [-0.4, -0.2) is 78.4 Å². The molecular formula is C29H33N11O3. The summed E-state index contributed by atoms with van der Waals surface area (Å²) in [4.78, 5) is 40.9. The molecule has 0 saturated carbocycles. The van der Waals surface area contributed by atoms with Crippen LogP contribution in [0.2, 0.25) is 0 Å². The summed E-state index contributed by atoms with van der Waals surface area (Å²) in [5.41, 5.74) is 7.77. The van der Waals surface area contributed by atoms with Gasteiger partial charge >= 0.3 is 0 Å². The van der Waals surface area contributed by atoms with Gasteiger partial charge in [-0.2, -0.15) is 10.1 Å². The van der Waals surface area contributed by atoms with Crippen LogP contribution in [0.3, 0.4) is 0 Å². The Labute approximate surface area is 247 Å². The van der Waals surface area contributed by atoms with E-state index >= 15 is 0 Å². The van der Waals surface area contributed by atoms with Crippen molar-refractivity contribution in [3.63, 3.8) is 0 Å². The number of para-hydroxylation sites is 1. The molecule has 1 amide bonds. The number of hydrogen-bond acceptors (Lipinski definition) is 11. The number of aromatic nitrogens is 7. The highest BCUT2D eigenvalue weighted by Crippen LogP contribution is 2.33. The molecule has 1 aliphatic heterocycles. The fourth-order valence-electron chi connectivity index (χ4n) is 5.11. The van der Waals surface area contributed by atoms with Gasteiger partial charge < -0.3 is 20.4 Å². The summed E-state index contributed by atoms with van der Waals surface area (Å²) in [5.74, 6) is 1.80. The van der Waals surface area contributed by atoms with Crippen LogP contribution >= 0.6 is 0 Å². The molecule has 4 aromatic heterocycles. The average Bonchev–Trinajstić information content (AvgIpc) is 3.69. The van der Waals surface area contributed by atoms with E-state index in [9.17, 15) is 4.79 Å². The maximum Gasteiger partial charge on any atom is 0.250 e. The summed E-state index contributed by atoms with van der Waals surface area (Å²) in [5, 5.41) is 11.6. The number of carbonyl (C=O) groups is 1. The number of nitrogens with one attached hydrogen (secondary N) is 4. The second-order valence-electron chi connectivity index (χ2n) is 10.4.